The smallest absolute Gasteiger partial charge is 0.251 e. The average Bonchev–Trinajstić information content (AvgIpc) is 2.30. The van der Waals surface area contributed by atoms with Gasteiger partial charge in [-0.2, -0.15) is 0 Å². The maximum absolute atomic E-state index is 13.5. The Morgan fingerprint density at radius 1 is 1.33 bits per heavy atom. The van der Waals surface area contributed by atoms with Crippen molar-refractivity contribution in [2.24, 2.45) is 5.73 Å². The Morgan fingerprint density at radius 3 is 2.44 bits per heavy atom. The van der Waals surface area contributed by atoms with Crippen LogP contribution in [0.15, 0.2) is 12.1 Å². The van der Waals surface area contributed by atoms with Crippen LogP contribution in [0.3, 0.4) is 0 Å². The van der Waals surface area contributed by atoms with Crippen molar-refractivity contribution in [2.45, 2.75) is 26.0 Å². The summed E-state index contributed by atoms with van der Waals surface area (Å²) in [5.74, 6) is -2.70. The van der Waals surface area contributed by atoms with Crippen LogP contribution in [-0.4, -0.2) is 25.2 Å². The number of ether oxygens (including phenoxy) is 1. The quantitative estimate of drug-likeness (QED) is 0.847. The summed E-state index contributed by atoms with van der Waals surface area (Å²) in [6.45, 7) is 3.58. The SMILES string of the molecule is COC(C)C(C)Nc1cc(C(N)=O)c(F)cc1F. The third-order valence-corrected chi connectivity index (χ3v) is 2.78. The second-order valence-electron chi connectivity index (χ2n) is 4.05. The zero-order valence-electron chi connectivity index (χ0n) is 10.5. The van der Waals surface area contributed by atoms with E-state index in [1.165, 1.54) is 7.11 Å². The molecule has 1 rings (SSSR count). The van der Waals surface area contributed by atoms with Gasteiger partial charge >= 0.3 is 0 Å². The summed E-state index contributed by atoms with van der Waals surface area (Å²) in [6, 6.07) is 1.48. The molecule has 6 heteroatoms. The van der Waals surface area contributed by atoms with Crippen LogP contribution in [0.4, 0.5) is 14.5 Å². The summed E-state index contributed by atoms with van der Waals surface area (Å²) < 4.78 is 31.9. The van der Waals surface area contributed by atoms with E-state index in [-0.39, 0.29) is 23.4 Å². The zero-order chi connectivity index (χ0) is 13.9. The van der Waals surface area contributed by atoms with Crippen molar-refractivity contribution < 1.29 is 18.3 Å². The summed E-state index contributed by atoms with van der Waals surface area (Å²) >= 11 is 0. The van der Waals surface area contributed by atoms with Crippen LogP contribution in [0.1, 0.15) is 24.2 Å². The number of nitrogens with two attached hydrogens (primary N) is 1. The fourth-order valence-corrected chi connectivity index (χ4v) is 1.42. The van der Waals surface area contributed by atoms with Crippen molar-refractivity contribution in [3.05, 3.63) is 29.3 Å². The molecule has 1 aromatic carbocycles. The molecule has 0 spiro atoms. The Balaban J connectivity index is 3.02. The standard InChI is InChI=1S/C12H16F2N2O2/c1-6(7(2)18-3)16-11-4-8(12(15)17)9(13)5-10(11)14/h4-7,16H,1-3H3,(H2,15,17). The van der Waals surface area contributed by atoms with Crippen LogP contribution in [0, 0.1) is 11.6 Å². The first-order valence-electron chi connectivity index (χ1n) is 5.45. The van der Waals surface area contributed by atoms with Crippen LogP contribution in [0.5, 0.6) is 0 Å². The molecule has 0 aliphatic heterocycles. The number of carbonyl (C=O) groups excluding carboxylic acids is 1. The largest absolute Gasteiger partial charge is 0.380 e. The lowest BCUT2D eigenvalue weighted by Gasteiger charge is -2.21. The molecular formula is C12H16F2N2O2. The minimum absolute atomic E-state index is 0.0154. The van der Waals surface area contributed by atoms with E-state index < -0.39 is 17.5 Å². The van der Waals surface area contributed by atoms with Crippen molar-refractivity contribution in [1.29, 1.82) is 0 Å². The summed E-state index contributed by atoms with van der Waals surface area (Å²) in [5.41, 5.74) is 4.66. The van der Waals surface area contributed by atoms with Gasteiger partial charge in [-0.1, -0.05) is 0 Å². The molecule has 1 amide bonds. The van der Waals surface area contributed by atoms with E-state index in [1.54, 1.807) is 13.8 Å². The molecule has 4 nitrogen and oxygen atoms in total. The predicted molar refractivity (Wildman–Crippen MR) is 64.4 cm³/mol. The van der Waals surface area contributed by atoms with E-state index in [1.807, 2.05) is 0 Å². The van der Waals surface area contributed by atoms with Gasteiger partial charge in [0.05, 0.1) is 17.4 Å². The minimum Gasteiger partial charge on any atom is -0.380 e. The van der Waals surface area contributed by atoms with Gasteiger partial charge in [0.15, 0.2) is 0 Å². The first kappa shape index (κ1) is 14.4. The second-order valence-corrected chi connectivity index (χ2v) is 4.05. The van der Waals surface area contributed by atoms with Gasteiger partial charge in [0.1, 0.15) is 11.6 Å². The van der Waals surface area contributed by atoms with Gasteiger partial charge in [0, 0.05) is 19.2 Å². The number of hydrogen-bond acceptors (Lipinski definition) is 3. The van der Waals surface area contributed by atoms with Gasteiger partial charge in [0.2, 0.25) is 0 Å². The average molecular weight is 258 g/mol. The summed E-state index contributed by atoms with van der Waals surface area (Å²) in [6.07, 6.45) is -0.175. The molecule has 100 valence electrons. The van der Waals surface area contributed by atoms with E-state index >= 15 is 0 Å². The van der Waals surface area contributed by atoms with Gasteiger partial charge in [-0.05, 0) is 19.9 Å². The Kier molecular flexibility index (Phi) is 4.61. The van der Waals surface area contributed by atoms with Gasteiger partial charge in [-0.15, -0.1) is 0 Å². The van der Waals surface area contributed by atoms with E-state index in [2.05, 4.69) is 5.32 Å². The number of anilines is 1. The molecule has 0 bridgehead atoms. The van der Waals surface area contributed by atoms with Crippen molar-refractivity contribution >= 4 is 11.6 Å². The molecular weight excluding hydrogens is 242 g/mol. The highest BCUT2D eigenvalue weighted by molar-refractivity contribution is 5.94. The minimum atomic E-state index is -0.974. The number of benzene rings is 1. The first-order chi connectivity index (χ1) is 8.36. The lowest BCUT2D eigenvalue weighted by atomic mass is 10.1. The zero-order valence-corrected chi connectivity index (χ0v) is 10.5. The number of amides is 1. The lowest BCUT2D eigenvalue weighted by Crippen LogP contribution is -2.30. The molecule has 0 aliphatic carbocycles. The highest BCUT2D eigenvalue weighted by atomic mass is 19.1. The fourth-order valence-electron chi connectivity index (χ4n) is 1.42. The highest BCUT2D eigenvalue weighted by Crippen LogP contribution is 2.20. The van der Waals surface area contributed by atoms with E-state index in [9.17, 15) is 13.6 Å². The molecule has 2 unspecified atom stereocenters. The Hall–Kier alpha value is -1.69. The van der Waals surface area contributed by atoms with Crippen molar-refractivity contribution in [2.75, 3.05) is 12.4 Å². The number of hydrogen-bond donors (Lipinski definition) is 2. The molecule has 18 heavy (non-hydrogen) atoms. The molecule has 2 atom stereocenters. The lowest BCUT2D eigenvalue weighted by molar-refractivity contribution is 0.0996. The van der Waals surface area contributed by atoms with Crippen molar-refractivity contribution in [3.63, 3.8) is 0 Å². The molecule has 0 radical (unpaired) electrons. The van der Waals surface area contributed by atoms with Gasteiger partial charge in [0.25, 0.3) is 5.91 Å². The van der Waals surface area contributed by atoms with Crippen LogP contribution < -0.4 is 11.1 Å². The topological polar surface area (TPSA) is 64.3 Å². The number of nitrogens with one attached hydrogen (secondary N) is 1. The van der Waals surface area contributed by atoms with Crippen molar-refractivity contribution in [1.82, 2.24) is 0 Å². The predicted octanol–water partition coefficient (Wildman–Crippen LogP) is 1.90. The molecule has 1 aromatic rings. The third-order valence-electron chi connectivity index (χ3n) is 2.78. The number of rotatable bonds is 5. The molecule has 0 aromatic heterocycles. The van der Waals surface area contributed by atoms with Crippen LogP contribution >= 0.6 is 0 Å². The fraction of sp³-hybridized carbons (Fsp3) is 0.417. The van der Waals surface area contributed by atoms with E-state index in [0.717, 1.165) is 6.07 Å². The van der Waals surface area contributed by atoms with Gasteiger partial charge in [-0.25, -0.2) is 8.78 Å². The number of primary amides is 1. The monoisotopic (exact) mass is 258 g/mol. The summed E-state index contributed by atoms with van der Waals surface area (Å²) in [5, 5.41) is 2.81. The first-order valence-corrected chi connectivity index (χ1v) is 5.45. The number of methoxy groups -OCH3 is 1. The molecule has 0 aliphatic rings. The van der Waals surface area contributed by atoms with Crippen molar-refractivity contribution in [3.8, 4) is 0 Å². The molecule has 3 N–H and O–H groups in total. The third kappa shape index (κ3) is 3.16. The number of carbonyl (C=O) groups is 1. The molecule has 0 saturated heterocycles. The van der Waals surface area contributed by atoms with Crippen LogP contribution in [0.25, 0.3) is 0 Å². The Morgan fingerprint density at radius 2 is 1.94 bits per heavy atom. The maximum atomic E-state index is 13.5. The molecule has 0 heterocycles. The second kappa shape index (κ2) is 5.77. The van der Waals surface area contributed by atoms with Crippen LogP contribution in [-0.2, 0) is 4.74 Å². The molecule has 0 fully saturated rings. The Bertz CT molecular complexity index is 452. The maximum Gasteiger partial charge on any atom is 0.251 e. The number of halogens is 2. The molecule has 0 saturated carbocycles. The van der Waals surface area contributed by atoms with Gasteiger partial charge < -0.3 is 15.8 Å². The van der Waals surface area contributed by atoms with E-state index in [4.69, 9.17) is 10.5 Å². The normalized spacial score (nSPS) is 14.1. The Labute approximate surface area is 104 Å². The van der Waals surface area contributed by atoms with E-state index in [0.29, 0.717) is 6.07 Å². The van der Waals surface area contributed by atoms with Crippen LogP contribution in [0.2, 0.25) is 0 Å². The van der Waals surface area contributed by atoms with Gasteiger partial charge in [-0.3, -0.25) is 4.79 Å². The summed E-state index contributed by atoms with van der Waals surface area (Å²) in [4.78, 5) is 11.0. The highest BCUT2D eigenvalue weighted by Gasteiger charge is 2.17. The summed E-state index contributed by atoms with van der Waals surface area (Å²) in [7, 11) is 1.53.